The average Bonchev–Trinajstić information content (AvgIpc) is 2.51. The van der Waals surface area contributed by atoms with E-state index in [0.717, 1.165) is 11.1 Å². The molecule has 4 nitrogen and oxygen atoms in total. The third kappa shape index (κ3) is 4.61. The Labute approximate surface area is 124 Å². The van der Waals surface area contributed by atoms with E-state index in [1.54, 1.807) is 6.07 Å². The van der Waals surface area contributed by atoms with E-state index in [-0.39, 0.29) is 19.1 Å². The minimum Gasteiger partial charge on any atom is -0.484 e. The first-order valence-corrected chi connectivity index (χ1v) is 6.83. The number of hydrogen-bond acceptors (Lipinski definition) is 3. The number of nitrogens with one attached hydrogen (secondary N) is 1. The van der Waals surface area contributed by atoms with Crippen LogP contribution in [-0.2, 0) is 4.79 Å². The van der Waals surface area contributed by atoms with Crippen molar-refractivity contribution in [3.8, 4) is 5.75 Å². The number of amides is 1. The lowest BCUT2D eigenvalue weighted by molar-refractivity contribution is -0.124. The van der Waals surface area contributed by atoms with Crippen molar-refractivity contribution < 1.29 is 14.6 Å². The Morgan fingerprint density at radius 2 is 1.95 bits per heavy atom. The standard InChI is InChI=1S/C17H19NO3/c1-13-6-5-9-15(10-13)21-12-17(20)18-16(11-19)14-7-3-2-4-8-14/h2-10,16,19H,11-12H2,1H3,(H,18,20). The molecule has 2 N–H and O–H groups in total. The van der Waals surface area contributed by atoms with E-state index >= 15 is 0 Å². The molecule has 0 aliphatic heterocycles. The molecular formula is C17H19NO3. The second-order valence-corrected chi connectivity index (χ2v) is 4.82. The summed E-state index contributed by atoms with van der Waals surface area (Å²) >= 11 is 0. The lowest BCUT2D eigenvalue weighted by Gasteiger charge is -2.17. The molecule has 2 aromatic carbocycles. The minimum absolute atomic E-state index is 0.0766. The molecule has 4 heteroatoms. The highest BCUT2D eigenvalue weighted by molar-refractivity contribution is 5.78. The summed E-state index contributed by atoms with van der Waals surface area (Å²) in [6.45, 7) is 1.73. The van der Waals surface area contributed by atoms with Gasteiger partial charge in [0, 0.05) is 0 Å². The maximum atomic E-state index is 11.9. The Morgan fingerprint density at radius 1 is 1.19 bits per heavy atom. The summed E-state index contributed by atoms with van der Waals surface area (Å²) in [5.41, 5.74) is 1.94. The predicted molar refractivity (Wildman–Crippen MR) is 81.1 cm³/mol. The third-order valence-electron chi connectivity index (χ3n) is 3.08. The molecule has 0 saturated heterocycles. The topological polar surface area (TPSA) is 58.6 Å². The van der Waals surface area contributed by atoms with Gasteiger partial charge in [0.25, 0.3) is 5.91 Å². The van der Waals surface area contributed by atoms with E-state index in [1.807, 2.05) is 55.5 Å². The fourth-order valence-corrected chi connectivity index (χ4v) is 2.01. The maximum absolute atomic E-state index is 11.9. The molecular weight excluding hydrogens is 266 g/mol. The Kier molecular flexibility index (Phi) is 5.35. The van der Waals surface area contributed by atoms with Crippen molar-refractivity contribution in [1.82, 2.24) is 5.32 Å². The predicted octanol–water partition coefficient (Wildman–Crippen LogP) is 2.22. The zero-order valence-corrected chi connectivity index (χ0v) is 12.0. The number of ether oxygens (including phenoxy) is 1. The number of aliphatic hydroxyl groups is 1. The summed E-state index contributed by atoms with van der Waals surface area (Å²) in [6, 6.07) is 16.5. The van der Waals surface area contributed by atoms with Crippen LogP contribution >= 0.6 is 0 Å². The lowest BCUT2D eigenvalue weighted by atomic mass is 10.1. The highest BCUT2D eigenvalue weighted by Crippen LogP contribution is 2.13. The first-order valence-electron chi connectivity index (χ1n) is 6.83. The first kappa shape index (κ1) is 15.1. The maximum Gasteiger partial charge on any atom is 0.258 e. The first-order chi connectivity index (χ1) is 10.2. The molecule has 0 aromatic heterocycles. The van der Waals surface area contributed by atoms with Crippen LogP contribution in [-0.4, -0.2) is 24.2 Å². The van der Waals surface area contributed by atoms with Gasteiger partial charge in [0.15, 0.2) is 6.61 Å². The molecule has 2 aromatic rings. The van der Waals surface area contributed by atoms with E-state index < -0.39 is 6.04 Å². The van der Waals surface area contributed by atoms with Crippen molar-refractivity contribution in [1.29, 1.82) is 0 Å². The van der Waals surface area contributed by atoms with Gasteiger partial charge in [-0.05, 0) is 30.2 Å². The van der Waals surface area contributed by atoms with Gasteiger partial charge in [-0.3, -0.25) is 4.79 Å². The SMILES string of the molecule is Cc1cccc(OCC(=O)NC(CO)c2ccccc2)c1. The summed E-state index contributed by atoms with van der Waals surface area (Å²) < 4.78 is 5.44. The number of carbonyl (C=O) groups is 1. The largest absolute Gasteiger partial charge is 0.484 e. The van der Waals surface area contributed by atoms with Gasteiger partial charge in [0.2, 0.25) is 0 Å². The van der Waals surface area contributed by atoms with Crippen LogP contribution in [0.4, 0.5) is 0 Å². The number of benzene rings is 2. The molecule has 0 aliphatic carbocycles. The molecule has 21 heavy (non-hydrogen) atoms. The van der Waals surface area contributed by atoms with Gasteiger partial charge in [0.05, 0.1) is 12.6 Å². The highest BCUT2D eigenvalue weighted by atomic mass is 16.5. The zero-order valence-electron chi connectivity index (χ0n) is 12.0. The van der Waals surface area contributed by atoms with Gasteiger partial charge < -0.3 is 15.2 Å². The summed E-state index contributed by atoms with van der Waals surface area (Å²) in [7, 11) is 0. The van der Waals surface area contributed by atoms with Gasteiger partial charge in [0.1, 0.15) is 5.75 Å². The molecule has 0 radical (unpaired) electrons. The molecule has 0 spiro atoms. The second kappa shape index (κ2) is 7.45. The van der Waals surface area contributed by atoms with Gasteiger partial charge in [-0.1, -0.05) is 42.5 Å². The molecule has 1 unspecified atom stereocenters. The molecule has 2 rings (SSSR count). The monoisotopic (exact) mass is 285 g/mol. The van der Waals surface area contributed by atoms with Crippen LogP contribution in [0.5, 0.6) is 5.75 Å². The number of rotatable bonds is 6. The van der Waals surface area contributed by atoms with Crippen molar-refractivity contribution in [3.63, 3.8) is 0 Å². The van der Waals surface area contributed by atoms with E-state index in [9.17, 15) is 9.90 Å². The highest BCUT2D eigenvalue weighted by Gasteiger charge is 2.13. The van der Waals surface area contributed by atoms with Gasteiger partial charge in [-0.25, -0.2) is 0 Å². The van der Waals surface area contributed by atoms with Crippen LogP contribution < -0.4 is 10.1 Å². The van der Waals surface area contributed by atoms with Crippen LogP contribution in [0.25, 0.3) is 0 Å². The molecule has 0 fully saturated rings. The smallest absolute Gasteiger partial charge is 0.258 e. The van der Waals surface area contributed by atoms with E-state index in [1.165, 1.54) is 0 Å². The van der Waals surface area contributed by atoms with Crippen LogP contribution in [0, 0.1) is 6.92 Å². The number of hydrogen-bond donors (Lipinski definition) is 2. The number of aliphatic hydroxyl groups excluding tert-OH is 1. The van der Waals surface area contributed by atoms with E-state index in [4.69, 9.17) is 4.74 Å². The Morgan fingerprint density at radius 3 is 2.62 bits per heavy atom. The van der Waals surface area contributed by atoms with Crippen LogP contribution in [0.1, 0.15) is 17.2 Å². The molecule has 1 atom stereocenters. The summed E-state index contributed by atoms with van der Waals surface area (Å²) in [5.74, 6) is 0.393. The van der Waals surface area contributed by atoms with Crippen LogP contribution in [0.3, 0.4) is 0 Å². The molecule has 0 bridgehead atoms. The molecule has 1 amide bonds. The summed E-state index contributed by atoms with van der Waals surface area (Å²) in [5, 5.41) is 12.1. The number of aryl methyl sites for hydroxylation is 1. The molecule has 0 saturated carbocycles. The van der Waals surface area contributed by atoms with Crippen molar-refractivity contribution in [2.45, 2.75) is 13.0 Å². The van der Waals surface area contributed by atoms with Crippen molar-refractivity contribution in [3.05, 3.63) is 65.7 Å². The quantitative estimate of drug-likeness (QED) is 0.855. The van der Waals surface area contributed by atoms with Gasteiger partial charge in [-0.15, -0.1) is 0 Å². The second-order valence-electron chi connectivity index (χ2n) is 4.82. The van der Waals surface area contributed by atoms with Crippen molar-refractivity contribution >= 4 is 5.91 Å². The Hall–Kier alpha value is -2.33. The van der Waals surface area contributed by atoms with Crippen LogP contribution in [0.15, 0.2) is 54.6 Å². The van der Waals surface area contributed by atoms with E-state index in [2.05, 4.69) is 5.32 Å². The van der Waals surface area contributed by atoms with Gasteiger partial charge >= 0.3 is 0 Å². The Bertz CT molecular complexity index is 584. The summed E-state index contributed by atoms with van der Waals surface area (Å²) in [6.07, 6.45) is 0. The van der Waals surface area contributed by atoms with Crippen molar-refractivity contribution in [2.75, 3.05) is 13.2 Å². The summed E-state index contributed by atoms with van der Waals surface area (Å²) in [4.78, 5) is 11.9. The lowest BCUT2D eigenvalue weighted by Crippen LogP contribution is -2.34. The number of carbonyl (C=O) groups excluding carboxylic acids is 1. The zero-order chi connectivity index (χ0) is 15.1. The molecule has 110 valence electrons. The molecule has 0 heterocycles. The fraction of sp³-hybridized carbons (Fsp3) is 0.235. The fourth-order valence-electron chi connectivity index (χ4n) is 2.01. The molecule has 0 aliphatic rings. The van der Waals surface area contributed by atoms with Gasteiger partial charge in [-0.2, -0.15) is 0 Å². The van der Waals surface area contributed by atoms with Crippen LogP contribution in [0.2, 0.25) is 0 Å². The minimum atomic E-state index is -0.417. The van der Waals surface area contributed by atoms with Crippen molar-refractivity contribution in [2.24, 2.45) is 0 Å². The van der Waals surface area contributed by atoms with E-state index in [0.29, 0.717) is 5.75 Å². The average molecular weight is 285 g/mol. The third-order valence-corrected chi connectivity index (χ3v) is 3.08. The Balaban J connectivity index is 1.89. The normalized spacial score (nSPS) is 11.7.